The smallest absolute Gasteiger partial charge is 0.340 e. The molecule has 1 aromatic rings. The summed E-state index contributed by atoms with van der Waals surface area (Å²) in [4.78, 5) is 37.4. The van der Waals surface area contributed by atoms with Crippen molar-refractivity contribution >= 4 is 41.3 Å². The number of nitrogens with one attached hydrogen (secondary N) is 2. The molecule has 146 valence electrons. The number of carbonyl (C=O) groups excluding carboxylic acids is 3. The standard InChI is InChI=1S/C18H21ClN2O5S/c1-4-13-15(17(23)25-5-2)14(21-18(24)20-13)9-26-16(22)11-8-10(27-3)6-7-12(11)19/h6-8,13H,4-5,9H2,1-3H3,(H2,20,21,24)/t13-/m0/s1. The molecule has 0 saturated heterocycles. The van der Waals surface area contributed by atoms with E-state index in [0.717, 1.165) is 4.90 Å². The van der Waals surface area contributed by atoms with Crippen LogP contribution in [0.4, 0.5) is 4.79 Å². The SMILES string of the molecule is CCOC(=O)C1=C(COC(=O)c2cc(SC)ccc2Cl)NC(=O)N[C@H]1CC. The van der Waals surface area contributed by atoms with E-state index in [4.69, 9.17) is 21.1 Å². The van der Waals surface area contributed by atoms with Crippen LogP contribution in [0.5, 0.6) is 0 Å². The first-order valence-electron chi connectivity index (χ1n) is 8.39. The maximum atomic E-state index is 12.4. The molecular formula is C18H21ClN2O5S. The van der Waals surface area contributed by atoms with E-state index in [0.29, 0.717) is 6.42 Å². The fourth-order valence-electron chi connectivity index (χ4n) is 2.58. The molecule has 2 rings (SSSR count). The minimum absolute atomic E-state index is 0.191. The van der Waals surface area contributed by atoms with Crippen molar-refractivity contribution in [3.05, 3.63) is 40.1 Å². The Hall–Kier alpha value is -2.19. The first-order valence-corrected chi connectivity index (χ1v) is 9.99. The van der Waals surface area contributed by atoms with Gasteiger partial charge in [0, 0.05) is 4.90 Å². The molecule has 9 heteroatoms. The molecule has 0 aromatic heterocycles. The summed E-state index contributed by atoms with van der Waals surface area (Å²) in [5.41, 5.74) is 0.666. The van der Waals surface area contributed by atoms with Crippen molar-refractivity contribution in [1.82, 2.24) is 10.6 Å². The van der Waals surface area contributed by atoms with Crippen LogP contribution in [-0.4, -0.2) is 43.5 Å². The number of halogens is 1. The second-order valence-corrected chi connectivity index (χ2v) is 6.88. The van der Waals surface area contributed by atoms with Gasteiger partial charge in [-0.15, -0.1) is 11.8 Å². The van der Waals surface area contributed by atoms with Crippen LogP contribution in [0.2, 0.25) is 5.02 Å². The normalized spacial score (nSPS) is 16.4. The maximum absolute atomic E-state index is 12.4. The molecule has 7 nitrogen and oxygen atoms in total. The molecule has 0 fully saturated rings. The zero-order valence-corrected chi connectivity index (χ0v) is 16.8. The monoisotopic (exact) mass is 412 g/mol. The van der Waals surface area contributed by atoms with E-state index in [1.54, 1.807) is 25.1 Å². The zero-order chi connectivity index (χ0) is 20.0. The van der Waals surface area contributed by atoms with Crippen LogP contribution in [0.3, 0.4) is 0 Å². The predicted octanol–water partition coefficient (Wildman–Crippen LogP) is 3.13. The first-order chi connectivity index (χ1) is 12.9. The van der Waals surface area contributed by atoms with Gasteiger partial charge in [-0.05, 0) is 37.8 Å². The van der Waals surface area contributed by atoms with Crippen molar-refractivity contribution in [3.63, 3.8) is 0 Å². The van der Waals surface area contributed by atoms with Crippen molar-refractivity contribution in [3.8, 4) is 0 Å². The molecule has 0 spiro atoms. The molecule has 0 bridgehead atoms. The van der Waals surface area contributed by atoms with Gasteiger partial charge in [0.1, 0.15) is 6.61 Å². The number of amides is 2. The van der Waals surface area contributed by atoms with Gasteiger partial charge in [0.2, 0.25) is 0 Å². The summed E-state index contributed by atoms with van der Waals surface area (Å²) < 4.78 is 10.4. The van der Waals surface area contributed by atoms with Crippen molar-refractivity contribution < 1.29 is 23.9 Å². The van der Waals surface area contributed by atoms with E-state index in [2.05, 4.69) is 10.6 Å². The molecule has 27 heavy (non-hydrogen) atoms. The number of urea groups is 1. The molecule has 1 aromatic carbocycles. The van der Waals surface area contributed by atoms with Crippen molar-refractivity contribution in [2.24, 2.45) is 0 Å². The van der Waals surface area contributed by atoms with Gasteiger partial charge < -0.3 is 20.1 Å². The van der Waals surface area contributed by atoms with Gasteiger partial charge in [0.25, 0.3) is 0 Å². The lowest BCUT2D eigenvalue weighted by Crippen LogP contribution is -2.51. The lowest BCUT2D eigenvalue weighted by atomic mass is 10.0. The minimum atomic E-state index is -0.646. The first kappa shape index (κ1) is 21.1. The Labute approximate surface area is 166 Å². The molecule has 0 saturated carbocycles. The lowest BCUT2D eigenvalue weighted by Gasteiger charge is -2.28. The molecule has 1 atom stereocenters. The fourth-order valence-corrected chi connectivity index (χ4v) is 3.21. The largest absolute Gasteiger partial charge is 0.463 e. The maximum Gasteiger partial charge on any atom is 0.340 e. The van der Waals surface area contributed by atoms with Crippen molar-refractivity contribution in [1.29, 1.82) is 0 Å². The number of rotatable bonds is 7. The summed E-state index contributed by atoms with van der Waals surface area (Å²) >= 11 is 7.55. The predicted molar refractivity (Wildman–Crippen MR) is 103 cm³/mol. The molecular weight excluding hydrogens is 392 g/mol. The van der Waals surface area contributed by atoms with Crippen LogP contribution in [-0.2, 0) is 14.3 Å². The van der Waals surface area contributed by atoms with Gasteiger partial charge in [0.15, 0.2) is 0 Å². The van der Waals surface area contributed by atoms with E-state index >= 15 is 0 Å². The number of thioether (sulfide) groups is 1. The van der Waals surface area contributed by atoms with Crippen LogP contribution in [0, 0.1) is 0 Å². The van der Waals surface area contributed by atoms with Crippen LogP contribution >= 0.6 is 23.4 Å². The Morgan fingerprint density at radius 1 is 1.22 bits per heavy atom. The van der Waals surface area contributed by atoms with E-state index in [-0.39, 0.29) is 35.1 Å². The van der Waals surface area contributed by atoms with Crippen LogP contribution in [0.1, 0.15) is 30.6 Å². The molecule has 0 unspecified atom stereocenters. The average Bonchev–Trinajstić information content (AvgIpc) is 2.65. The average molecular weight is 413 g/mol. The van der Waals surface area contributed by atoms with Gasteiger partial charge in [-0.2, -0.15) is 0 Å². The Kier molecular flexibility index (Phi) is 7.55. The molecule has 0 radical (unpaired) electrons. The highest BCUT2D eigenvalue weighted by Crippen LogP contribution is 2.24. The molecule has 1 aliphatic heterocycles. The Morgan fingerprint density at radius 2 is 1.96 bits per heavy atom. The number of ether oxygens (including phenoxy) is 2. The van der Waals surface area contributed by atoms with Crippen molar-refractivity contribution in [2.75, 3.05) is 19.5 Å². The fraction of sp³-hybridized carbons (Fsp3) is 0.389. The Balaban J connectivity index is 2.25. The number of carbonyl (C=O) groups is 3. The summed E-state index contributed by atoms with van der Waals surface area (Å²) in [6, 6.07) is 4.06. The topological polar surface area (TPSA) is 93.7 Å². The summed E-state index contributed by atoms with van der Waals surface area (Å²) in [7, 11) is 0. The third kappa shape index (κ3) is 5.17. The van der Waals surface area contributed by atoms with E-state index in [1.165, 1.54) is 11.8 Å². The molecule has 2 amide bonds. The highest BCUT2D eigenvalue weighted by atomic mass is 35.5. The van der Waals surface area contributed by atoms with Crippen LogP contribution < -0.4 is 10.6 Å². The molecule has 2 N–H and O–H groups in total. The minimum Gasteiger partial charge on any atom is -0.463 e. The Morgan fingerprint density at radius 3 is 2.59 bits per heavy atom. The lowest BCUT2D eigenvalue weighted by molar-refractivity contribution is -0.139. The van der Waals surface area contributed by atoms with Crippen LogP contribution in [0.25, 0.3) is 0 Å². The molecule has 1 heterocycles. The zero-order valence-electron chi connectivity index (χ0n) is 15.3. The summed E-state index contributed by atoms with van der Waals surface area (Å²) in [5, 5.41) is 5.45. The van der Waals surface area contributed by atoms with Gasteiger partial charge in [0.05, 0.1) is 34.5 Å². The van der Waals surface area contributed by atoms with Gasteiger partial charge >= 0.3 is 18.0 Å². The quantitative estimate of drug-likeness (QED) is 0.528. The number of hydrogen-bond acceptors (Lipinski definition) is 6. The van der Waals surface area contributed by atoms with Crippen molar-refractivity contribution in [2.45, 2.75) is 31.2 Å². The summed E-state index contributed by atoms with van der Waals surface area (Å²) in [6.07, 6.45) is 2.37. The second kappa shape index (κ2) is 9.66. The van der Waals surface area contributed by atoms with E-state index in [9.17, 15) is 14.4 Å². The summed E-state index contributed by atoms with van der Waals surface area (Å²) in [6.45, 7) is 3.43. The third-order valence-corrected chi connectivity index (χ3v) is 4.94. The van der Waals surface area contributed by atoms with Gasteiger partial charge in [-0.25, -0.2) is 14.4 Å². The number of hydrogen-bond donors (Lipinski definition) is 2. The highest BCUT2D eigenvalue weighted by molar-refractivity contribution is 7.98. The number of esters is 2. The van der Waals surface area contributed by atoms with Crippen LogP contribution in [0.15, 0.2) is 34.4 Å². The van der Waals surface area contributed by atoms with Gasteiger partial charge in [-0.3, -0.25) is 0 Å². The second-order valence-electron chi connectivity index (χ2n) is 5.59. The Bertz CT molecular complexity index is 781. The van der Waals surface area contributed by atoms with Gasteiger partial charge in [-0.1, -0.05) is 18.5 Å². The highest BCUT2D eigenvalue weighted by Gasteiger charge is 2.32. The van der Waals surface area contributed by atoms with E-state index < -0.39 is 24.0 Å². The number of benzene rings is 1. The molecule has 1 aliphatic rings. The third-order valence-electron chi connectivity index (χ3n) is 3.89. The summed E-state index contributed by atoms with van der Waals surface area (Å²) in [5.74, 6) is -1.21. The van der Waals surface area contributed by atoms with E-state index in [1.807, 2.05) is 13.2 Å². The molecule has 0 aliphatic carbocycles.